The molecule has 0 saturated carbocycles. The number of carbonyl (C=O) groups is 4. The average molecular weight is 435 g/mol. The Morgan fingerprint density at radius 1 is 1.00 bits per heavy atom. The number of alkyl carbamates (subject to hydrolysis) is 2. The number of imide groups is 1. The number of hydrogen-bond donors (Lipinski definition) is 3. The van der Waals surface area contributed by atoms with Crippen LogP contribution in [0, 0.1) is 0 Å². The van der Waals surface area contributed by atoms with Crippen LogP contribution >= 0.6 is 0 Å². The average Bonchev–Trinajstić information content (AvgIpc) is 2.94. The minimum absolute atomic E-state index is 0.0878. The van der Waals surface area contributed by atoms with Crippen molar-refractivity contribution in [3.8, 4) is 0 Å². The zero-order valence-electron chi connectivity index (χ0n) is 18.0. The molecular formula is C21H29N3O7. The van der Waals surface area contributed by atoms with Crippen LogP contribution in [0.3, 0.4) is 0 Å². The first-order valence-electron chi connectivity index (χ1n) is 10.1. The van der Waals surface area contributed by atoms with Gasteiger partial charge in [0.05, 0.1) is 23.8 Å². The number of benzene rings is 1. The van der Waals surface area contributed by atoms with Crippen molar-refractivity contribution in [2.45, 2.75) is 45.3 Å². The maximum atomic E-state index is 12.2. The predicted molar refractivity (Wildman–Crippen MR) is 111 cm³/mol. The van der Waals surface area contributed by atoms with Crippen molar-refractivity contribution in [1.82, 2.24) is 15.5 Å². The molecule has 170 valence electrons. The van der Waals surface area contributed by atoms with E-state index in [0.717, 1.165) is 0 Å². The number of rotatable bonds is 9. The van der Waals surface area contributed by atoms with E-state index in [0.29, 0.717) is 24.0 Å². The lowest BCUT2D eigenvalue weighted by atomic mass is 10.1. The van der Waals surface area contributed by atoms with Crippen molar-refractivity contribution < 1.29 is 33.8 Å². The fourth-order valence-corrected chi connectivity index (χ4v) is 2.82. The number of unbranched alkanes of at least 4 members (excludes halogenated alkanes) is 1. The minimum atomic E-state index is -1.01. The summed E-state index contributed by atoms with van der Waals surface area (Å²) in [6.07, 6.45) is -1.43. The Kier molecular flexibility index (Phi) is 8.38. The maximum absolute atomic E-state index is 12.2. The van der Waals surface area contributed by atoms with Crippen LogP contribution in [0.1, 0.15) is 54.3 Å². The number of fused-ring (bicyclic) bond motifs is 1. The molecule has 0 spiro atoms. The van der Waals surface area contributed by atoms with E-state index in [9.17, 15) is 24.3 Å². The second-order valence-corrected chi connectivity index (χ2v) is 8.07. The molecule has 1 unspecified atom stereocenters. The molecular weight excluding hydrogens is 406 g/mol. The van der Waals surface area contributed by atoms with E-state index < -0.39 is 23.9 Å². The lowest BCUT2D eigenvalue weighted by Crippen LogP contribution is -2.41. The Labute approximate surface area is 180 Å². The molecule has 0 radical (unpaired) electrons. The topological polar surface area (TPSA) is 134 Å². The number of nitrogens with zero attached hydrogens (tertiary/aromatic N) is 1. The predicted octanol–water partition coefficient (Wildman–Crippen LogP) is 1.67. The molecule has 1 heterocycles. The van der Waals surface area contributed by atoms with E-state index in [4.69, 9.17) is 9.47 Å². The van der Waals surface area contributed by atoms with Crippen LogP contribution < -0.4 is 10.6 Å². The number of aliphatic hydroxyl groups is 1. The van der Waals surface area contributed by atoms with E-state index in [1.165, 1.54) is 4.90 Å². The highest BCUT2D eigenvalue weighted by Crippen LogP contribution is 2.22. The van der Waals surface area contributed by atoms with Crippen molar-refractivity contribution in [2.24, 2.45) is 0 Å². The number of nitrogens with one attached hydrogen (secondary N) is 2. The van der Waals surface area contributed by atoms with Crippen molar-refractivity contribution in [3.05, 3.63) is 35.4 Å². The van der Waals surface area contributed by atoms with E-state index in [1.54, 1.807) is 45.0 Å². The van der Waals surface area contributed by atoms with Gasteiger partial charge in [0.1, 0.15) is 5.60 Å². The van der Waals surface area contributed by atoms with Gasteiger partial charge in [-0.25, -0.2) is 9.59 Å². The van der Waals surface area contributed by atoms with Gasteiger partial charge in [-0.15, -0.1) is 0 Å². The highest BCUT2D eigenvalue weighted by atomic mass is 16.6. The van der Waals surface area contributed by atoms with E-state index >= 15 is 0 Å². The van der Waals surface area contributed by atoms with Crippen LogP contribution in [0.5, 0.6) is 0 Å². The molecule has 1 aromatic carbocycles. The number of aliphatic hydroxyl groups excluding tert-OH is 1. The summed E-state index contributed by atoms with van der Waals surface area (Å²) in [6.45, 7) is 5.31. The Balaban J connectivity index is 1.56. The van der Waals surface area contributed by atoms with Crippen molar-refractivity contribution in [1.29, 1.82) is 0 Å². The number of carbonyl (C=O) groups excluding carboxylic acids is 4. The van der Waals surface area contributed by atoms with Gasteiger partial charge >= 0.3 is 12.2 Å². The van der Waals surface area contributed by atoms with Gasteiger partial charge < -0.3 is 25.2 Å². The first-order valence-corrected chi connectivity index (χ1v) is 10.1. The van der Waals surface area contributed by atoms with Crippen LogP contribution in [0.4, 0.5) is 9.59 Å². The quantitative estimate of drug-likeness (QED) is 0.397. The van der Waals surface area contributed by atoms with Gasteiger partial charge in [0.25, 0.3) is 11.8 Å². The highest BCUT2D eigenvalue weighted by molar-refractivity contribution is 6.21. The van der Waals surface area contributed by atoms with Crippen molar-refractivity contribution in [3.63, 3.8) is 0 Å². The fraction of sp³-hybridized carbons (Fsp3) is 0.524. The van der Waals surface area contributed by atoms with Gasteiger partial charge in [-0.1, -0.05) is 12.1 Å². The molecule has 3 N–H and O–H groups in total. The van der Waals surface area contributed by atoms with Gasteiger partial charge in [-0.2, -0.15) is 0 Å². The van der Waals surface area contributed by atoms with Crippen LogP contribution in [0.15, 0.2) is 24.3 Å². The molecule has 0 saturated heterocycles. The third kappa shape index (κ3) is 7.56. The molecule has 0 aromatic heterocycles. The first-order chi connectivity index (χ1) is 14.6. The molecule has 10 nitrogen and oxygen atoms in total. The summed E-state index contributed by atoms with van der Waals surface area (Å²) >= 11 is 0. The van der Waals surface area contributed by atoms with Crippen LogP contribution in [0.2, 0.25) is 0 Å². The van der Waals surface area contributed by atoms with Crippen molar-refractivity contribution >= 4 is 24.0 Å². The van der Waals surface area contributed by atoms with E-state index in [-0.39, 0.29) is 38.1 Å². The first kappa shape index (κ1) is 24.1. The second-order valence-electron chi connectivity index (χ2n) is 8.07. The molecule has 1 aromatic rings. The smallest absolute Gasteiger partial charge is 0.407 e. The SMILES string of the molecule is CC(C)(C)OC(=O)NCC(O)CNC(=O)OCCCCN1C(=O)c2ccccc2C1=O. The molecule has 2 rings (SSSR count). The van der Waals surface area contributed by atoms with Gasteiger partial charge in [0.2, 0.25) is 0 Å². The second kappa shape index (κ2) is 10.8. The molecule has 4 amide bonds. The summed E-state index contributed by atoms with van der Waals surface area (Å²) in [4.78, 5) is 48.9. The number of amides is 4. The lowest BCUT2D eigenvalue weighted by Gasteiger charge is -2.20. The Hall–Kier alpha value is -3.14. The Morgan fingerprint density at radius 2 is 1.55 bits per heavy atom. The van der Waals surface area contributed by atoms with Gasteiger partial charge in [0, 0.05) is 19.6 Å². The van der Waals surface area contributed by atoms with Crippen LogP contribution in [0.25, 0.3) is 0 Å². The Bertz CT molecular complexity index is 784. The minimum Gasteiger partial charge on any atom is -0.450 e. The van der Waals surface area contributed by atoms with Gasteiger partial charge in [-0.05, 0) is 45.7 Å². The normalized spacial score (nSPS) is 14.1. The van der Waals surface area contributed by atoms with Crippen LogP contribution in [-0.4, -0.2) is 72.0 Å². The summed E-state index contributed by atoms with van der Waals surface area (Å²) < 4.78 is 10.0. The number of hydrogen-bond acceptors (Lipinski definition) is 7. The molecule has 0 fully saturated rings. The summed E-state index contributed by atoms with van der Waals surface area (Å²) in [7, 11) is 0. The van der Waals surface area contributed by atoms with E-state index in [1.807, 2.05) is 0 Å². The summed E-state index contributed by atoms with van der Waals surface area (Å²) in [6, 6.07) is 6.68. The standard InChI is InChI=1S/C21H29N3O7/c1-21(2,3)31-20(29)23-13-14(25)12-22-19(28)30-11-7-6-10-24-17(26)15-8-4-5-9-16(15)18(24)27/h4-5,8-9,14,25H,6-7,10-13H2,1-3H3,(H,22,28)(H,23,29). The third-order valence-electron chi connectivity index (χ3n) is 4.25. The van der Waals surface area contributed by atoms with Gasteiger partial charge in [-0.3, -0.25) is 14.5 Å². The summed E-state index contributed by atoms with van der Waals surface area (Å²) in [5.41, 5.74) is 0.168. The highest BCUT2D eigenvalue weighted by Gasteiger charge is 2.34. The molecule has 0 aliphatic carbocycles. The summed E-state index contributed by atoms with van der Waals surface area (Å²) in [5.74, 6) is -0.624. The molecule has 1 aliphatic heterocycles. The van der Waals surface area contributed by atoms with Crippen molar-refractivity contribution in [2.75, 3.05) is 26.2 Å². The zero-order valence-corrected chi connectivity index (χ0v) is 18.0. The largest absolute Gasteiger partial charge is 0.450 e. The molecule has 1 aliphatic rings. The van der Waals surface area contributed by atoms with Crippen LogP contribution in [-0.2, 0) is 9.47 Å². The molecule has 10 heteroatoms. The maximum Gasteiger partial charge on any atom is 0.407 e. The Morgan fingerprint density at radius 3 is 2.10 bits per heavy atom. The molecule has 31 heavy (non-hydrogen) atoms. The van der Waals surface area contributed by atoms with Gasteiger partial charge in [0.15, 0.2) is 0 Å². The molecule has 1 atom stereocenters. The molecule has 0 bridgehead atoms. The monoisotopic (exact) mass is 435 g/mol. The number of ether oxygens (including phenoxy) is 2. The van der Waals surface area contributed by atoms with E-state index in [2.05, 4.69) is 10.6 Å². The summed E-state index contributed by atoms with van der Waals surface area (Å²) in [5, 5.41) is 14.6. The zero-order chi connectivity index (χ0) is 23.0. The third-order valence-corrected chi connectivity index (χ3v) is 4.25. The fourth-order valence-electron chi connectivity index (χ4n) is 2.82. The lowest BCUT2D eigenvalue weighted by molar-refractivity contribution is 0.0490.